The monoisotopic (exact) mass is 414 g/mol. The van der Waals surface area contributed by atoms with Crippen LogP contribution in [-0.4, -0.2) is 20.1 Å². The maximum Gasteiger partial charge on any atom is 0.256 e. The summed E-state index contributed by atoms with van der Waals surface area (Å²) in [7, 11) is 3.26. The van der Waals surface area contributed by atoms with Crippen LogP contribution in [-0.2, 0) is 12.8 Å². The van der Waals surface area contributed by atoms with E-state index in [-0.39, 0.29) is 12.1 Å². The number of benzene rings is 1. The van der Waals surface area contributed by atoms with E-state index in [1.165, 1.54) is 16.9 Å². The molecule has 1 aliphatic carbocycles. The topological polar surface area (TPSA) is 59.6 Å². The molecule has 0 spiro atoms. The third-order valence-corrected chi connectivity index (χ3v) is 8.00. The number of nitrogens with one attached hydrogen (secondary N) is 2. The zero-order chi connectivity index (χ0) is 20.8. The second-order valence-electron chi connectivity index (χ2n) is 8.65. The molecule has 29 heavy (non-hydrogen) atoms. The van der Waals surface area contributed by atoms with Gasteiger partial charge in [-0.1, -0.05) is 27.2 Å². The zero-order valence-electron chi connectivity index (χ0n) is 17.8. The summed E-state index contributed by atoms with van der Waals surface area (Å²) in [5, 5.41) is 7.66. The fraction of sp³-hybridized carbons (Fsp3) is 0.522. The quantitative estimate of drug-likeness (QED) is 0.709. The molecule has 2 unspecified atom stereocenters. The summed E-state index contributed by atoms with van der Waals surface area (Å²) in [4.78, 5) is 14.4. The van der Waals surface area contributed by atoms with Gasteiger partial charge in [0.05, 0.1) is 19.8 Å². The van der Waals surface area contributed by atoms with Gasteiger partial charge in [-0.05, 0) is 48.3 Å². The van der Waals surface area contributed by atoms with E-state index in [2.05, 4.69) is 31.4 Å². The number of thiophene rings is 1. The minimum absolute atomic E-state index is 0.00678. The maximum atomic E-state index is 13.0. The van der Waals surface area contributed by atoms with Gasteiger partial charge in [0, 0.05) is 16.5 Å². The maximum absolute atomic E-state index is 13.0. The summed E-state index contributed by atoms with van der Waals surface area (Å²) >= 11 is 1.75. The molecule has 2 atom stereocenters. The van der Waals surface area contributed by atoms with Crippen molar-refractivity contribution in [1.29, 1.82) is 0 Å². The van der Waals surface area contributed by atoms with E-state index >= 15 is 0 Å². The molecule has 2 aliphatic rings. The van der Waals surface area contributed by atoms with Crippen molar-refractivity contribution in [3.8, 4) is 11.5 Å². The minimum Gasteiger partial charge on any atom is -0.497 e. The number of hydrogen-bond acceptors (Lipinski definition) is 5. The van der Waals surface area contributed by atoms with E-state index in [9.17, 15) is 4.79 Å². The van der Waals surface area contributed by atoms with Crippen molar-refractivity contribution >= 4 is 22.2 Å². The fourth-order valence-corrected chi connectivity index (χ4v) is 5.82. The molecule has 2 N–H and O–H groups in total. The Balaban J connectivity index is 1.64. The lowest BCUT2D eigenvalue weighted by molar-refractivity contribution is 0.0934. The van der Waals surface area contributed by atoms with Crippen molar-refractivity contribution in [1.82, 2.24) is 5.32 Å². The summed E-state index contributed by atoms with van der Waals surface area (Å²) in [5.74, 6) is 2.09. The first-order chi connectivity index (χ1) is 13.9. The lowest BCUT2D eigenvalue weighted by Gasteiger charge is -2.36. The standard InChI is InChI=1S/C23H30N2O3S/c1-6-23(2,3)13-7-9-16-18(11-13)29-22-19(16)21(26)24-20(25-22)15-10-8-14(27-4)12-17(15)28-5/h8,10,12-13,20,25H,6-7,9,11H2,1-5H3,(H,24,26). The molecule has 156 valence electrons. The molecular formula is C23H30N2O3S. The van der Waals surface area contributed by atoms with Gasteiger partial charge in [-0.3, -0.25) is 4.79 Å². The van der Waals surface area contributed by atoms with Crippen LogP contribution in [0.4, 0.5) is 5.00 Å². The van der Waals surface area contributed by atoms with E-state index in [1.807, 2.05) is 18.2 Å². The Labute approximate surface area is 176 Å². The molecular weight excluding hydrogens is 384 g/mol. The lowest BCUT2D eigenvalue weighted by Crippen LogP contribution is -2.38. The summed E-state index contributed by atoms with van der Waals surface area (Å²) in [6, 6.07) is 5.67. The van der Waals surface area contributed by atoms with Crippen LogP contribution in [0.2, 0.25) is 0 Å². The zero-order valence-corrected chi connectivity index (χ0v) is 18.7. The van der Waals surface area contributed by atoms with Crippen LogP contribution >= 0.6 is 11.3 Å². The Kier molecular flexibility index (Phi) is 5.23. The molecule has 1 amide bonds. The van der Waals surface area contributed by atoms with E-state index < -0.39 is 0 Å². The summed E-state index contributed by atoms with van der Waals surface area (Å²) < 4.78 is 10.8. The van der Waals surface area contributed by atoms with Gasteiger partial charge in [-0.2, -0.15) is 0 Å². The van der Waals surface area contributed by atoms with Crippen LogP contribution in [0.3, 0.4) is 0 Å². The minimum atomic E-state index is -0.321. The highest BCUT2D eigenvalue weighted by Crippen LogP contribution is 2.47. The average molecular weight is 415 g/mol. The molecule has 4 rings (SSSR count). The van der Waals surface area contributed by atoms with Gasteiger partial charge in [0.25, 0.3) is 5.91 Å². The molecule has 2 aromatic rings. The third-order valence-electron chi connectivity index (χ3n) is 6.81. The van der Waals surface area contributed by atoms with Crippen molar-refractivity contribution in [3.63, 3.8) is 0 Å². The van der Waals surface area contributed by atoms with E-state index in [0.29, 0.717) is 17.1 Å². The van der Waals surface area contributed by atoms with Gasteiger partial charge in [0.2, 0.25) is 0 Å². The molecule has 0 fully saturated rings. The summed E-state index contributed by atoms with van der Waals surface area (Å²) in [6.45, 7) is 7.01. The number of amides is 1. The molecule has 1 aromatic heterocycles. The van der Waals surface area contributed by atoms with Gasteiger partial charge >= 0.3 is 0 Å². The Morgan fingerprint density at radius 2 is 2.00 bits per heavy atom. The van der Waals surface area contributed by atoms with Crippen LogP contribution in [0.15, 0.2) is 18.2 Å². The van der Waals surface area contributed by atoms with Crippen LogP contribution in [0.1, 0.15) is 66.1 Å². The number of carbonyl (C=O) groups is 1. The normalized spacial score (nSPS) is 20.9. The molecule has 5 nitrogen and oxygen atoms in total. The van der Waals surface area contributed by atoms with Crippen LogP contribution in [0.5, 0.6) is 11.5 Å². The van der Waals surface area contributed by atoms with Crippen molar-refractivity contribution in [3.05, 3.63) is 39.8 Å². The summed E-state index contributed by atoms with van der Waals surface area (Å²) in [5.41, 5.74) is 3.32. The number of fused-ring (bicyclic) bond motifs is 3. The Hall–Kier alpha value is -2.21. The molecule has 2 heterocycles. The lowest BCUT2D eigenvalue weighted by atomic mass is 9.69. The largest absolute Gasteiger partial charge is 0.497 e. The highest BCUT2D eigenvalue weighted by atomic mass is 32.1. The first-order valence-electron chi connectivity index (χ1n) is 10.3. The average Bonchev–Trinajstić information content (AvgIpc) is 3.11. The Bertz CT molecular complexity index is 934. The molecule has 6 heteroatoms. The van der Waals surface area contributed by atoms with Gasteiger partial charge in [-0.25, -0.2) is 0 Å². The first kappa shape index (κ1) is 20.1. The number of ether oxygens (including phenoxy) is 2. The number of methoxy groups -OCH3 is 2. The van der Waals surface area contributed by atoms with Gasteiger partial charge < -0.3 is 20.1 Å². The molecule has 0 radical (unpaired) electrons. The fourth-order valence-electron chi connectivity index (χ4n) is 4.47. The van der Waals surface area contributed by atoms with Crippen LogP contribution < -0.4 is 20.1 Å². The first-order valence-corrected chi connectivity index (χ1v) is 11.1. The Morgan fingerprint density at radius 1 is 1.21 bits per heavy atom. The SMILES string of the molecule is CCC(C)(C)C1CCc2c(sc3c2C(=O)NC(c2ccc(OC)cc2OC)N3)C1. The van der Waals surface area contributed by atoms with E-state index in [1.54, 1.807) is 25.6 Å². The third kappa shape index (κ3) is 3.48. The van der Waals surface area contributed by atoms with Crippen LogP contribution in [0.25, 0.3) is 0 Å². The number of hydrogen-bond donors (Lipinski definition) is 2. The molecule has 1 aliphatic heterocycles. The number of carbonyl (C=O) groups excluding carboxylic acids is 1. The molecule has 0 saturated heterocycles. The van der Waals surface area contributed by atoms with Gasteiger partial charge in [0.15, 0.2) is 0 Å². The second kappa shape index (κ2) is 7.56. The highest BCUT2D eigenvalue weighted by Gasteiger charge is 2.37. The van der Waals surface area contributed by atoms with Crippen molar-refractivity contribution in [2.75, 3.05) is 19.5 Å². The molecule has 0 saturated carbocycles. The number of rotatable bonds is 5. The van der Waals surface area contributed by atoms with E-state index in [4.69, 9.17) is 9.47 Å². The van der Waals surface area contributed by atoms with Crippen molar-refractivity contribution in [2.45, 2.75) is 52.6 Å². The highest BCUT2D eigenvalue weighted by molar-refractivity contribution is 7.16. The second-order valence-corrected chi connectivity index (χ2v) is 9.75. The van der Waals surface area contributed by atoms with Crippen LogP contribution in [0, 0.1) is 11.3 Å². The molecule has 1 aromatic carbocycles. The summed E-state index contributed by atoms with van der Waals surface area (Å²) in [6.07, 6.45) is 4.06. The van der Waals surface area contributed by atoms with Crippen molar-refractivity contribution < 1.29 is 14.3 Å². The predicted molar refractivity (Wildman–Crippen MR) is 117 cm³/mol. The molecule has 0 bridgehead atoms. The van der Waals surface area contributed by atoms with E-state index in [0.717, 1.165) is 41.1 Å². The van der Waals surface area contributed by atoms with Gasteiger partial charge in [-0.15, -0.1) is 11.3 Å². The Morgan fingerprint density at radius 3 is 2.69 bits per heavy atom. The number of anilines is 1. The van der Waals surface area contributed by atoms with Crippen molar-refractivity contribution in [2.24, 2.45) is 11.3 Å². The smallest absolute Gasteiger partial charge is 0.256 e. The predicted octanol–water partition coefficient (Wildman–Crippen LogP) is 5.16. The van der Waals surface area contributed by atoms with Gasteiger partial charge in [0.1, 0.15) is 22.7 Å².